The van der Waals surface area contributed by atoms with Gasteiger partial charge in [-0.1, -0.05) is 24.4 Å². The van der Waals surface area contributed by atoms with Crippen molar-refractivity contribution in [3.63, 3.8) is 0 Å². The number of aliphatic imine (C=N–C) groups is 1. The maximum absolute atomic E-state index is 12.1. The highest BCUT2D eigenvalue weighted by atomic mass is 35.5. The minimum absolute atomic E-state index is 0.108. The molecule has 1 saturated heterocycles. The number of hydrogen-bond donors (Lipinski definition) is 2. The Labute approximate surface area is 143 Å². The summed E-state index contributed by atoms with van der Waals surface area (Å²) in [5, 5.41) is 13.4. The normalized spacial score (nSPS) is 22.1. The van der Waals surface area contributed by atoms with E-state index in [4.69, 9.17) is 16.3 Å². The molecule has 1 heterocycles. The van der Waals surface area contributed by atoms with Crippen molar-refractivity contribution in [2.24, 2.45) is 4.99 Å². The fraction of sp³-hybridized carbons (Fsp3) is 0.375. The van der Waals surface area contributed by atoms with Gasteiger partial charge in [0.2, 0.25) is 0 Å². The summed E-state index contributed by atoms with van der Waals surface area (Å²) in [5.41, 5.74) is 0.685. The van der Waals surface area contributed by atoms with Crippen LogP contribution in [0.3, 0.4) is 0 Å². The van der Waals surface area contributed by atoms with Gasteiger partial charge in [-0.05, 0) is 48.4 Å². The molecule has 1 aromatic rings. The van der Waals surface area contributed by atoms with Gasteiger partial charge >= 0.3 is 0 Å². The number of rotatable bonds is 3. The van der Waals surface area contributed by atoms with Crippen LogP contribution in [0.1, 0.15) is 31.2 Å². The maximum Gasteiger partial charge on any atom is 0.264 e. The summed E-state index contributed by atoms with van der Waals surface area (Å²) < 4.78 is 5.07. The van der Waals surface area contributed by atoms with E-state index in [2.05, 4.69) is 10.3 Å². The number of phenolic OH excluding ortho intramolecular Hbond substituents is 1. The number of carbonyl (C=O) groups is 1. The number of nitrogens with one attached hydrogen (secondary N) is 1. The van der Waals surface area contributed by atoms with Crippen molar-refractivity contribution in [3.05, 3.63) is 27.6 Å². The summed E-state index contributed by atoms with van der Waals surface area (Å²) in [4.78, 5) is 17.2. The maximum atomic E-state index is 12.1. The molecule has 1 aliphatic carbocycles. The predicted molar refractivity (Wildman–Crippen MR) is 93.1 cm³/mol. The van der Waals surface area contributed by atoms with Gasteiger partial charge in [0.15, 0.2) is 16.7 Å². The molecule has 122 valence electrons. The number of methoxy groups -OCH3 is 1. The number of phenols is 1. The van der Waals surface area contributed by atoms with E-state index >= 15 is 0 Å². The summed E-state index contributed by atoms with van der Waals surface area (Å²) in [7, 11) is 1.45. The van der Waals surface area contributed by atoms with E-state index in [1.165, 1.54) is 31.7 Å². The minimum atomic E-state index is -0.171. The van der Waals surface area contributed by atoms with Crippen molar-refractivity contribution in [1.29, 1.82) is 0 Å². The number of amides is 1. The zero-order valence-corrected chi connectivity index (χ0v) is 14.2. The zero-order valence-electron chi connectivity index (χ0n) is 12.6. The second-order valence-electron chi connectivity index (χ2n) is 5.49. The van der Waals surface area contributed by atoms with Crippen LogP contribution in [0.4, 0.5) is 0 Å². The van der Waals surface area contributed by atoms with E-state index in [1.807, 2.05) is 0 Å². The van der Waals surface area contributed by atoms with Crippen LogP contribution < -0.4 is 10.1 Å². The lowest BCUT2D eigenvalue weighted by Crippen LogP contribution is -2.21. The molecule has 1 saturated carbocycles. The minimum Gasteiger partial charge on any atom is -0.503 e. The molecule has 0 aromatic heterocycles. The second kappa shape index (κ2) is 6.84. The van der Waals surface area contributed by atoms with Gasteiger partial charge in [0.25, 0.3) is 5.91 Å². The Kier molecular flexibility index (Phi) is 4.82. The first-order valence-electron chi connectivity index (χ1n) is 7.42. The topological polar surface area (TPSA) is 70.9 Å². The van der Waals surface area contributed by atoms with E-state index in [-0.39, 0.29) is 22.4 Å². The molecular formula is C16H17ClN2O3S. The Morgan fingerprint density at radius 1 is 1.43 bits per heavy atom. The van der Waals surface area contributed by atoms with Crippen LogP contribution in [-0.4, -0.2) is 29.3 Å². The molecule has 1 amide bonds. The summed E-state index contributed by atoms with van der Waals surface area (Å²) >= 11 is 7.30. The third kappa shape index (κ3) is 3.64. The molecule has 0 bridgehead atoms. The highest BCUT2D eigenvalue weighted by Crippen LogP contribution is 2.37. The van der Waals surface area contributed by atoms with Crippen molar-refractivity contribution in [2.75, 3.05) is 7.11 Å². The average molecular weight is 353 g/mol. The number of benzene rings is 1. The van der Waals surface area contributed by atoms with Gasteiger partial charge in [-0.25, -0.2) is 0 Å². The fourth-order valence-electron chi connectivity index (χ4n) is 2.67. The summed E-state index contributed by atoms with van der Waals surface area (Å²) in [6.45, 7) is 0. The second-order valence-corrected chi connectivity index (χ2v) is 6.93. The number of thioether (sulfide) groups is 1. The van der Waals surface area contributed by atoms with E-state index in [0.717, 1.165) is 12.8 Å². The first-order valence-corrected chi connectivity index (χ1v) is 8.61. The fourth-order valence-corrected chi connectivity index (χ4v) is 3.78. The molecule has 7 heteroatoms. The van der Waals surface area contributed by atoms with E-state index < -0.39 is 0 Å². The highest BCUT2D eigenvalue weighted by molar-refractivity contribution is 8.18. The molecule has 23 heavy (non-hydrogen) atoms. The zero-order chi connectivity index (χ0) is 16.4. The van der Waals surface area contributed by atoms with Crippen molar-refractivity contribution in [1.82, 2.24) is 5.32 Å². The average Bonchev–Trinajstić information content (AvgIpc) is 3.13. The standard InChI is InChI=1S/C16H17ClN2O3S/c1-22-12-7-9(6-11(17)14(12)20)8-13-15(21)19-16(23-13)18-10-4-2-3-5-10/h6-8,10,20H,2-5H2,1H3,(H,18,19,21). The molecular weight excluding hydrogens is 336 g/mol. The van der Waals surface area contributed by atoms with E-state index in [0.29, 0.717) is 21.7 Å². The Morgan fingerprint density at radius 3 is 2.87 bits per heavy atom. The predicted octanol–water partition coefficient (Wildman–Crippen LogP) is 3.56. The van der Waals surface area contributed by atoms with Crippen LogP contribution in [0.25, 0.3) is 6.08 Å². The van der Waals surface area contributed by atoms with Gasteiger partial charge in [-0.15, -0.1) is 0 Å². The number of amidine groups is 1. The number of nitrogens with zero attached hydrogens (tertiary/aromatic N) is 1. The number of hydrogen-bond acceptors (Lipinski definition) is 5. The van der Waals surface area contributed by atoms with Crippen LogP contribution in [0.15, 0.2) is 22.0 Å². The van der Waals surface area contributed by atoms with Crippen LogP contribution in [-0.2, 0) is 4.79 Å². The molecule has 3 rings (SSSR count). The molecule has 2 N–H and O–H groups in total. The number of ether oxygens (including phenoxy) is 1. The molecule has 5 nitrogen and oxygen atoms in total. The largest absolute Gasteiger partial charge is 0.503 e. The van der Waals surface area contributed by atoms with Gasteiger partial charge in [0.05, 0.1) is 23.1 Å². The third-order valence-corrected chi connectivity index (χ3v) is 5.06. The lowest BCUT2D eigenvalue weighted by atomic mass is 10.2. The number of carbonyl (C=O) groups excluding carboxylic acids is 1. The van der Waals surface area contributed by atoms with Crippen LogP contribution in [0.5, 0.6) is 11.5 Å². The van der Waals surface area contributed by atoms with Crippen molar-refractivity contribution in [2.45, 2.75) is 31.7 Å². The monoisotopic (exact) mass is 352 g/mol. The number of aromatic hydroxyl groups is 1. The van der Waals surface area contributed by atoms with Gasteiger partial charge in [0.1, 0.15) is 0 Å². The van der Waals surface area contributed by atoms with Crippen LogP contribution in [0, 0.1) is 0 Å². The van der Waals surface area contributed by atoms with Crippen molar-refractivity contribution < 1.29 is 14.6 Å². The molecule has 0 atom stereocenters. The molecule has 2 aliphatic rings. The smallest absolute Gasteiger partial charge is 0.264 e. The molecule has 0 spiro atoms. The SMILES string of the molecule is COc1cc(C=C2SC(=NC3CCCC3)NC2=O)cc(Cl)c1O. The Bertz CT molecular complexity index is 697. The molecule has 1 aliphatic heterocycles. The lowest BCUT2D eigenvalue weighted by molar-refractivity contribution is -0.115. The molecule has 2 fully saturated rings. The Balaban J connectivity index is 1.82. The van der Waals surface area contributed by atoms with Crippen molar-refractivity contribution in [3.8, 4) is 11.5 Å². The summed E-state index contributed by atoms with van der Waals surface area (Å²) in [6, 6.07) is 3.54. The highest BCUT2D eigenvalue weighted by Gasteiger charge is 2.25. The molecule has 0 unspecified atom stereocenters. The first-order chi connectivity index (χ1) is 11.1. The van der Waals surface area contributed by atoms with E-state index in [9.17, 15) is 9.90 Å². The Hall–Kier alpha value is -1.66. The van der Waals surface area contributed by atoms with Gasteiger partial charge < -0.3 is 15.2 Å². The van der Waals surface area contributed by atoms with Crippen molar-refractivity contribution >= 4 is 40.5 Å². The first kappa shape index (κ1) is 16.2. The summed E-state index contributed by atoms with van der Waals surface area (Å²) in [6.07, 6.45) is 6.29. The summed E-state index contributed by atoms with van der Waals surface area (Å²) in [5.74, 6) is -0.00848. The quantitative estimate of drug-likeness (QED) is 0.816. The Morgan fingerprint density at radius 2 is 2.17 bits per heavy atom. The van der Waals surface area contributed by atoms with Gasteiger partial charge in [0, 0.05) is 0 Å². The molecule has 0 radical (unpaired) electrons. The van der Waals surface area contributed by atoms with Crippen LogP contribution >= 0.6 is 23.4 Å². The van der Waals surface area contributed by atoms with Crippen LogP contribution in [0.2, 0.25) is 5.02 Å². The van der Waals surface area contributed by atoms with E-state index in [1.54, 1.807) is 18.2 Å². The van der Waals surface area contributed by atoms with Gasteiger partial charge in [-0.2, -0.15) is 0 Å². The molecule has 1 aromatic carbocycles. The van der Waals surface area contributed by atoms with Gasteiger partial charge in [-0.3, -0.25) is 9.79 Å². The third-order valence-electron chi connectivity index (χ3n) is 3.84. The lowest BCUT2D eigenvalue weighted by Gasteiger charge is -2.06. The number of halogens is 1.